The lowest BCUT2D eigenvalue weighted by atomic mass is 10.0. The van der Waals surface area contributed by atoms with Crippen LogP contribution in [0.4, 0.5) is 4.39 Å². The number of benzene rings is 1. The number of carbonyl (C=O) groups is 1. The Morgan fingerprint density at radius 3 is 2.56 bits per heavy atom. The van der Waals surface area contributed by atoms with Crippen LogP contribution in [0.25, 0.3) is 0 Å². The van der Waals surface area contributed by atoms with Gasteiger partial charge < -0.3 is 4.90 Å². The van der Waals surface area contributed by atoms with E-state index in [9.17, 15) is 9.18 Å². The molecule has 0 radical (unpaired) electrons. The molecule has 1 fully saturated rings. The Balaban J connectivity index is 1.77. The zero-order valence-corrected chi connectivity index (χ0v) is 16.7. The molecule has 1 aliphatic rings. The number of hydrogen-bond acceptors (Lipinski definition) is 3. The lowest BCUT2D eigenvalue weighted by Gasteiger charge is -2.34. The SMILES string of the molecule is Cc1nn(C)cc1C(=O)N1CCCN(Cc2ccc(F)cc2)[C@@H](C(C)C)C1. The molecule has 1 atom stereocenters. The quantitative estimate of drug-likeness (QED) is 0.827. The van der Waals surface area contributed by atoms with E-state index in [1.807, 2.05) is 37.2 Å². The summed E-state index contributed by atoms with van der Waals surface area (Å²) in [5.41, 5.74) is 2.56. The average molecular weight is 372 g/mol. The molecule has 0 unspecified atom stereocenters. The summed E-state index contributed by atoms with van der Waals surface area (Å²) in [5.74, 6) is 0.266. The predicted octanol–water partition coefficient (Wildman–Crippen LogP) is 3.24. The number of hydrogen-bond donors (Lipinski definition) is 0. The van der Waals surface area contributed by atoms with E-state index in [1.165, 1.54) is 12.1 Å². The first-order chi connectivity index (χ1) is 12.8. The van der Waals surface area contributed by atoms with Crippen molar-refractivity contribution in [2.24, 2.45) is 13.0 Å². The van der Waals surface area contributed by atoms with Crippen LogP contribution in [0.3, 0.4) is 0 Å². The van der Waals surface area contributed by atoms with E-state index >= 15 is 0 Å². The Labute approximate surface area is 160 Å². The standard InChI is InChI=1S/C21H29FN4O/c1-15(2)20-14-26(21(27)19-13-24(4)23-16(19)3)11-5-10-25(20)12-17-6-8-18(22)9-7-17/h6-9,13,15,20H,5,10-12,14H2,1-4H3/t20-/m1/s1. The summed E-state index contributed by atoms with van der Waals surface area (Å²) in [7, 11) is 1.84. The van der Waals surface area contributed by atoms with Crippen molar-refractivity contribution in [2.75, 3.05) is 19.6 Å². The van der Waals surface area contributed by atoms with Crippen molar-refractivity contribution in [3.05, 3.63) is 53.1 Å². The summed E-state index contributed by atoms with van der Waals surface area (Å²) in [6, 6.07) is 6.98. The van der Waals surface area contributed by atoms with Crippen LogP contribution >= 0.6 is 0 Å². The Hall–Kier alpha value is -2.21. The minimum absolute atomic E-state index is 0.0647. The first-order valence-corrected chi connectivity index (χ1v) is 9.63. The van der Waals surface area contributed by atoms with Crippen molar-refractivity contribution < 1.29 is 9.18 Å². The summed E-state index contributed by atoms with van der Waals surface area (Å²) in [4.78, 5) is 17.5. The van der Waals surface area contributed by atoms with Crippen LogP contribution in [0.15, 0.2) is 30.5 Å². The van der Waals surface area contributed by atoms with Gasteiger partial charge in [-0.15, -0.1) is 0 Å². The topological polar surface area (TPSA) is 41.4 Å². The minimum atomic E-state index is -0.210. The molecule has 146 valence electrons. The van der Waals surface area contributed by atoms with Gasteiger partial charge in [0.15, 0.2) is 0 Å². The third-order valence-corrected chi connectivity index (χ3v) is 5.35. The van der Waals surface area contributed by atoms with Crippen LogP contribution in [-0.4, -0.2) is 51.2 Å². The number of rotatable bonds is 4. The Morgan fingerprint density at radius 1 is 1.26 bits per heavy atom. The third kappa shape index (κ3) is 4.56. The highest BCUT2D eigenvalue weighted by atomic mass is 19.1. The van der Waals surface area contributed by atoms with Crippen LogP contribution in [-0.2, 0) is 13.6 Å². The number of nitrogens with zero attached hydrogens (tertiary/aromatic N) is 4. The lowest BCUT2D eigenvalue weighted by molar-refractivity contribution is 0.0701. The maximum Gasteiger partial charge on any atom is 0.257 e. The number of aromatic nitrogens is 2. The first kappa shape index (κ1) is 19.5. The van der Waals surface area contributed by atoms with Crippen molar-refractivity contribution in [3.8, 4) is 0 Å². The fraction of sp³-hybridized carbons (Fsp3) is 0.524. The summed E-state index contributed by atoms with van der Waals surface area (Å²) in [6.07, 6.45) is 2.73. The van der Waals surface area contributed by atoms with Gasteiger partial charge in [0, 0.05) is 45.5 Å². The summed E-state index contributed by atoms with van der Waals surface area (Å²) in [5, 5.41) is 4.31. The fourth-order valence-corrected chi connectivity index (χ4v) is 3.88. The van der Waals surface area contributed by atoms with Crippen molar-refractivity contribution in [2.45, 2.75) is 39.8 Å². The summed E-state index contributed by atoms with van der Waals surface area (Å²) < 4.78 is 14.9. The maximum absolute atomic E-state index is 13.2. The average Bonchev–Trinajstić information content (AvgIpc) is 2.83. The Morgan fingerprint density at radius 2 is 1.96 bits per heavy atom. The molecular weight excluding hydrogens is 343 g/mol. The Bertz CT molecular complexity index is 784. The normalized spacial score (nSPS) is 18.7. The van der Waals surface area contributed by atoms with Gasteiger partial charge >= 0.3 is 0 Å². The number of halogens is 1. The highest BCUT2D eigenvalue weighted by molar-refractivity contribution is 5.95. The first-order valence-electron chi connectivity index (χ1n) is 9.63. The zero-order chi connectivity index (χ0) is 19.6. The monoisotopic (exact) mass is 372 g/mol. The van der Waals surface area contributed by atoms with Gasteiger partial charge in [0.25, 0.3) is 5.91 Å². The molecule has 1 amide bonds. The molecule has 2 aromatic rings. The highest BCUT2D eigenvalue weighted by Crippen LogP contribution is 2.22. The van der Waals surface area contributed by atoms with Gasteiger partial charge in [-0.05, 0) is 37.0 Å². The van der Waals surface area contributed by atoms with E-state index in [1.54, 1.807) is 4.68 Å². The molecule has 0 saturated carbocycles. The molecule has 27 heavy (non-hydrogen) atoms. The second-order valence-electron chi connectivity index (χ2n) is 7.81. The van der Waals surface area contributed by atoms with Crippen LogP contribution in [0.5, 0.6) is 0 Å². The van der Waals surface area contributed by atoms with E-state index in [4.69, 9.17) is 0 Å². The van der Waals surface area contributed by atoms with Crippen LogP contribution in [0.2, 0.25) is 0 Å². The van der Waals surface area contributed by atoms with Crippen LogP contribution in [0.1, 0.15) is 41.9 Å². The molecule has 1 aromatic carbocycles. The van der Waals surface area contributed by atoms with Crippen molar-refractivity contribution >= 4 is 5.91 Å². The molecule has 3 rings (SSSR count). The maximum atomic E-state index is 13.2. The van der Waals surface area contributed by atoms with Crippen LogP contribution in [0, 0.1) is 18.7 Å². The van der Waals surface area contributed by atoms with E-state index in [0.717, 1.165) is 37.3 Å². The van der Waals surface area contributed by atoms with Gasteiger partial charge in [0.05, 0.1) is 11.3 Å². The van der Waals surface area contributed by atoms with Gasteiger partial charge in [0.1, 0.15) is 5.82 Å². The number of amides is 1. The second-order valence-corrected chi connectivity index (χ2v) is 7.81. The fourth-order valence-electron chi connectivity index (χ4n) is 3.88. The van der Waals surface area contributed by atoms with E-state index < -0.39 is 0 Å². The summed E-state index contributed by atoms with van der Waals surface area (Å²) >= 11 is 0. The van der Waals surface area contributed by atoms with Gasteiger partial charge in [-0.1, -0.05) is 26.0 Å². The Kier molecular flexibility index (Phi) is 5.95. The van der Waals surface area contributed by atoms with E-state index in [-0.39, 0.29) is 17.8 Å². The number of carbonyl (C=O) groups excluding carboxylic acids is 1. The molecule has 0 bridgehead atoms. The molecule has 2 heterocycles. The molecule has 1 saturated heterocycles. The van der Waals surface area contributed by atoms with Gasteiger partial charge in [0.2, 0.25) is 0 Å². The third-order valence-electron chi connectivity index (χ3n) is 5.35. The zero-order valence-electron chi connectivity index (χ0n) is 16.7. The number of aryl methyl sites for hydroxylation is 2. The van der Waals surface area contributed by atoms with Crippen molar-refractivity contribution in [1.82, 2.24) is 19.6 Å². The smallest absolute Gasteiger partial charge is 0.257 e. The summed E-state index contributed by atoms with van der Waals surface area (Å²) in [6.45, 7) is 9.43. The molecule has 1 aromatic heterocycles. The van der Waals surface area contributed by atoms with E-state index in [2.05, 4.69) is 23.8 Å². The van der Waals surface area contributed by atoms with Gasteiger partial charge in [-0.2, -0.15) is 5.10 Å². The lowest BCUT2D eigenvalue weighted by Crippen LogP contribution is -2.45. The van der Waals surface area contributed by atoms with Crippen LogP contribution < -0.4 is 0 Å². The molecule has 1 aliphatic heterocycles. The largest absolute Gasteiger partial charge is 0.337 e. The molecule has 0 aliphatic carbocycles. The van der Waals surface area contributed by atoms with E-state index in [0.29, 0.717) is 18.0 Å². The van der Waals surface area contributed by atoms with Crippen molar-refractivity contribution in [1.29, 1.82) is 0 Å². The molecule has 0 spiro atoms. The predicted molar refractivity (Wildman–Crippen MR) is 104 cm³/mol. The molecule has 5 nitrogen and oxygen atoms in total. The molecule has 0 N–H and O–H groups in total. The second kappa shape index (κ2) is 8.21. The molecule has 6 heteroatoms. The van der Waals surface area contributed by atoms with Gasteiger partial charge in [-0.3, -0.25) is 14.4 Å². The molecular formula is C21H29FN4O. The van der Waals surface area contributed by atoms with Gasteiger partial charge in [-0.25, -0.2) is 4.39 Å². The van der Waals surface area contributed by atoms with Crippen molar-refractivity contribution in [3.63, 3.8) is 0 Å². The highest BCUT2D eigenvalue weighted by Gasteiger charge is 2.30. The minimum Gasteiger partial charge on any atom is -0.337 e.